The Kier molecular flexibility index (Phi) is 6.20. The number of carbonyl (C=O) groups is 1. The van der Waals surface area contributed by atoms with Gasteiger partial charge in [-0.25, -0.2) is 0 Å². The van der Waals surface area contributed by atoms with E-state index in [2.05, 4.69) is 24.1 Å². The van der Waals surface area contributed by atoms with Gasteiger partial charge in [0.15, 0.2) is 0 Å². The van der Waals surface area contributed by atoms with Crippen LogP contribution in [0.4, 0.5) is 5.69 Å². The fourth-order valence-corrected chi connectivity index (χ4v) is 2.85. The molecule has 0 bridgehead atoms. The average Bonchev–Trinajstić information content (AvgIpc) is 2.56. The fourth-order valence-electron chi connectivity index (χ4n) is 2.68. The number of nitrogens with one attached hydrogen (secondary N) is 1. The van der Waals surface area contributed by atoms with Crippen molar-refractivity contribution in [3.05, 3.63) is 64.7 Å². The van der Waals surface area contributed by atoms with E-state index in [1.807, 2.05) is 49.4 Å². The molecule has 0 saturated carbocycles. The number of halogens is 1. The van der Waals surface area contributed by atoms with Crippen molar-refractivity contribution in [1.29, 1.82) is 0 Å². The molecule has 2 aromatic carbocycles. The first-order chi connectivity index (χ1) is 11.1. The summed E-state index contributed by atoms with van der Waals surface area (Å²) in [6.45, 7) is 7.70. The van der Waals surface area contributed by atoms with Crippen LogP contribution in [0.15, 0.2) is 48.5 Å². The molecule has 1 unspecified atom stereocenters. The molecule has 0 spiro atoms. The highest BCUT2D eigenvalue weighted by atomic mass is 35.5. The largest absolute Gasteiger partial charge is 0.324 e. The fraction of sp³-hybridized carbons (Fsp3) is 0.316. The Hall–Kier alpha value is -1.84. The van der Waals surface area contributed by atoms with Gasteiger partial charge >= 0.3 is 0 Å². The van der Waals surface area contributed by atoms with E-state index >= 15 is 0 Å². The minimum atomic E-state index is -0.315. The van der Waals surface area contributed by atoms with Crippen LogP contribution in [-0.2, 0) is 4.79 Å². The minimum Gasteiger partial charge on any atom is -0.324 e. The van der Waals surface area contributed by atoms with Gasteiger partial charge in [-0.15, -0.1) is 0 Å². The summed E-state index contributed by atoms with van der Waals surface area (Å²) in [5, 5.41) is 3.65. The molecule has 0 aliphatic rings. The number of likely N-dealkylation sites (N-methyl/N-ethyl adjacent to an activating group) is 1. The van der Waals surface area contributed by atoms with E-state index in [-0.39, 0.29) is 11.9 Å². The number of amides is 1. The van der Waals surface area contributed by atoms with Gasteiger partial charge in [-0.05, 0) is 43.3 Å². The maximum Gasteiger partial charge on any atom is 0.246 e. The zero-order valence-electron chi connectivity index (χ0n) is 13.8. The lowest BCUT2D eigenvalue weighted by Crippen LogP contribution is -2.37. The first-order valence-electron chi connectivity index (χ1n) is 7.92. The van der Waals surface area contributed by atoms with E-state index in [1.165, 1.54) is 0 Å². The number of carbonyl (C=O) groups excluding carboxylic acids is 1. The molecule has 1 atom stereocenters. The highest BCUT2D eigenvalue weighted by Crippen LogP contribution is 2.25. The normalized spacial score (nSPS) is 12.2. The average molecular weight is 331 g/mol. The molecule has 0 aliphatic heterocycles. The molecular formula is C19H23ClN2O. The molecule has 122 valence electrons. The highest BCUT2D eigenvalue weighted by Gasteiger charge is 2.26. The van der Waals surface area contributed by atoms with Gasteiger partial charge in [0.25, 0.3) is 0 Å². The van der Waals surface area contributed by atoms with Crippen LogP contribution in [0.5, 0.6) is 0 Å². The van der Waals surface area contributed by atoms with E-state index in [9.17, 15) is 4.79 Å². The Bertz CT molecular complexity index is 654. The number of hydrogen-bond donors (Lipinski definition) is 1. The Morgan fingerprint density at radius 3 is 2.39 bits per heavy atom. The molecule has 0 heterocycles. The third kappa shape index (κ3) is 4.34. The number of nitrogens with zero attached hydrogens (tertiary/aromatic N) is 1. The Balaban J connectivity index is 2.31. The van der Waals surface area contributed by atoms with Crippen LogP contribution in [0.25, 0.3) is 0 Å². The third-order valence-electron chi connectivity index (χ3n) is 4.00. The number of anilines is 1. The molecule has 1 N–H and O–H groups in total. The van der Waals surface area contributed by atoms with E-state index in [0.29, 0.717) is 5.02 Å². The van der Waals surface area contributed by atoms with Gasteiger partial charge in [0.1, 0.15) is 6.04 Å². The van der Waals surface area contributed by atoms with Gasteiger partial charge in [-0.2, -0.15) is 0 Å². The van der Waals surface area contributed by atoms with Gasteiger partial charge in [0, 0.05) is 10.7 Å². The second kappa shape index (κ2) is 8.14. The van der Waals surface area contributed by atoms with Gasteiger partial charge in [0.2, 0.25) is 5.91 Å². The SMILES string of the molecule is CCN(CC)C(C(=O)Nc1cc(Cl)ccc1C)c1ccccc1. The van der Waals surface area contributed by atoms with Crippen molar-refractivity contribution in [2.24, 2.45) is 0 Å². The first-order valence-corrected chi connectivity index (χ1v) is 8.30. The van der Waals surface area contributed by atoms with Crippen LogP contribution in [0.3, 0.4) is 0 Å². The molecule has 0 radical (unpaired) electrons. The predicted molar refractivity (Wildman–Crippen MR) is 96.9 cm³/mol. The van der Waals surface area contributed by atoms with Gasteiger partial charge in [-0.3, -0.25) is 9.69 Å². The van der Waals surface area contributed by atoms with E-state index in [0.717, 1.165) is 29.9 Å². The van der Waals surface area contributed by atoms with Crippen molar-refractivity contribution in [2.75, 3.05) is 18.4 Å². The van der Waals surface area contributed by atoms with E-state index in [4.69, 9.17) is 11.6 Å². The summed E-state index contributed by atoms with van der Waals surface area (Å²) in [5.41, 5.74) is 2.75. The lowest BCUT2D eigenvalue weighted by molar-refractivity contribution is -0.121. The molecule has 3 nitrogen and oxygen atoms in total. The van der Waals surface area contributed by atoms with E-state index in [1.54, 1.807) is 6.07 Å². The lowest BCUT2D eigenvalue weighted by atomic mass is 10.0. The summed E-state index contributed by atoms with van der Waals surface area (Å²) in [5.74, 6) is -0.0368. The number of aryl methyl sites for hydroxylation is 1. The van der Waals surface area contributed by atoms with Crippen LogP contribution in [0.1, 0.15) is 31.0 Å². The van der Waals surface area contributed by atoms with Crippen LogP contribution in [0.2, 0.25) is 5.02 Å². The second-order valence-electron chi connectivity index (χ2n) is 5.48. The van der Waals surface area contributed by atoms with Crippen LogP contribution in [0, 0.1) is 6.92 Å². The predicted octanol–water partition coefficient (Wildman–Crippen LogP) is 4.67. The molecule has 0 fully saturated rings. The van der Waals surface area contributed by atoms with Crippen molar-refractivity contribution >= 4 is 23.2 Å². The summed E-state index contributed by atoms with van der Waals surface area (Å²) in [4.78, 5) is 15.1. The number of hydrogen-bond acceptors (Lipinski definition) is 2. The quantitative estimate of drug-likeness (QED) is 0.834. The Morgan fingerprint density at radius 1 is 1.13 bits per heavy atom. The maximum atomic E-state index is 12.9. The lowest BCUT2D eigenvalue weighted by Gasteiger charge is -2.29. The van der Waals surface area contributed by atoms with Crippen molar-refractivity contribution in [3.63, 3.8) is 0 Å². The van der Waals surface area contributed by atoms with Gasteiger partial charge < -0.3 is 5.32 Å². The molecule has 1 amide bonds. The Labute approximate surface area is 143 Å². The summed E-state index contributed by atoms with van der Waals surface area (Å²) in [6, 6.07) is 15.1. The zero-order valence-corrected chi connectivity index (χ0v) is 14.6. The summed E-state index contributed by atoms with van der Waals surface area (Å²) >= 11 is 6.05. The standard InChI is InChI=1S/C19H23ClN2O/c1-4-22(5-2)18(15-9-7-6-8-10-15)19(23)21-17-13-16(20)12-11-14(17)3/h6-13,18H,4-5H2,1-3H3,(H,21,23). The van der Waals surface area contributed by atoms with Crippen LogP contribution < -0.4 is 5.32 Å². The monoisotopic (exact) mass is 330 g/mol. The molecule has 2 aromatic rings. The topological polar surface area (TPSA) is 32.3 Å². The summed E-state index contributed by atoms with van der Waals surface area (Å²) in [7, 11) is 0. The molecule has 0 aliphatic carbocycles. The second-order valence-corrected chi connectivity index (χ2v) is 5.92. The van der Waals surface area contributed by atoms with Crippen molar-refractivity contribution in [3.8, 4) is 0 Å². The zero-order chi connectivity index (χ0) is 16.8. The van der Waals surface area contributed by atoms with Gasteiger partial charge in [-0.1, -0.05) is 61.8 Å². The third-order valence-corrected chi connectivity index (χ3v) is 4.23. The maximum absolute atomic E-state index is 12.9. The Morgan fingerprint density at radius 2 is 1.78 bits per heavy atom. The van der Waals surface area contributed by atoms with Gasteiger partial charge in [0.05, 0.1) is 0 Å². The summed E-state index contributed by atoms with van der Waals surface area (Å²) in [6.07, 6.45) is 0. The van der Waals surface area contributed by atoms with Crippen molar-refractivity contribution in [2.45, 2.75) is 26.8 Å². The summed E-state index contributed by atoms with van der Waals surface area (Å²) < 4.78 is 0. The molecule has 23 heavy (non-hydrogen) atoms. The molecule has 0 saturated heterocycles. The van der Waals surface area contributed by atoms with Crippen molar-refractivity contribution < 1.29 is 4.79 Å². The number of benzene rings is 2. The molecule has 0 aromatic heterocycles. The van der Waals surface area contributed by atoms with Crippen LogP contribution >= 0.6 is 11.6 Å². The minimum absolute atomic E-state index is 0.0368. The molecular weight excluding hydrogens is 308 g/mol. The first kappa shape index (κ1) is 17.5. The van der Waals surface area contributed by atoms with E-state index < -0.39 is 0 Å². The number of rotatable bonds is 6. The smallest absolute Gasteiger partial charge is 0.246 e. The molecule has 4 heteroatoms. The van der Waals surface area contributed by atoms with Crippen LogP contribution in [-0.4, -0.2) is 23.9 Å². The van der Waals surface area contributed by atoms with Crippen molar-refractivity contribution in [1.82, 2.24) is 4.90 Å². The molecule has 2 rings (SSSR count). The highest BCUT2D eigenvalue weighted by molar-refractivity contribution is 6.31.